The van der Waals surface area contributed by atoms with E-state index in [-0.39, 0.29) is 11.3 Å². The van der Waals surface area contributed by atoms with Crippen LogP contribution in [0.3, 0.4) is 0 Å². The van der Waals surface area contributed by atoms with Gasteiger partial charge < -0.3 is 4.74 Å². The van der Waals surface area contributed by atoms with Crippen LogP contribution in [-0.4, -0.2) is 18.4 Å². The Morgan fingerprint density at radius 2 is 1.83 bits per heavy atom. The van der Waals surface area contributed by atoms with E-state index >= 15 is 0 Å². The highest BCUT2D eigenvalue weighted by molar-refractivity contribution is 6.40. The Hall–Kier alpha value is 0.0500. The van der Waals surface area contributed by atoms with Crippen LogP contribution in [0, 0.1) is 0 Å². The Morgan fingerprint density at radius 1 is 1.33 bits per heavy atom. The third-order valence-corrected chi connectivity index (χ3v) is 1.21. The second-order valence-electron chi connectivity index (χ2n) is 2.13. The topological polar surface area (TPSA) is 26.3 Å². The summed E-state index contributed by atoms with van der Waals surface area (Å²) < 4.78 is 4.46. The van der Waals surface area contributed by atoms with E-state index in [0.717, 1.165) is 19.3 Å². The first-order valence-electron chi connectivity index (χ1n) is 3.91. The Morgan fingerprint density at radius 3 is 2.17 bits per heavy atom. The molecule has 2 nitrogen and oxygen atoms in total. The number of methoxy groups -OCH3 is 1. The highest BCUT2D eigenvalue weighted by Crippen LogP contribution is 1.98. The van der Waals surface area contributed by atoms with Gasteiger partial charge in [0, 0.05) is 6.42 Å². The minimum Gasteiger partial charge on any atom is -0.469 e. The maximum absolute atomic E-state index is 10.5. The molecule has 0 aromatic carbocycles. The van der Waals surface area contributed by atoms with Gasteiger partial charge in [-0.1, -0.05) is 19.8 Å². The Labute approximate surface area is 84.2 Å². The summed E-state index contributed by atoms with van der Waals surface area (Å²) in [7, 11) is 1.42. The first-order chi connectivity index (χ1) is 5.72. The molecule has 0 unspecified atom stereocenters. The molecule has 0 aromatic rings. The molecule has 4 heteroatoms. The van der Waals surface area contributed by atoms with Crippen molar-refractivity contribution in [3.8, 4) is 0 Å². The van der Waals surface area contributed by atoms with E-state index in [2.05, 4.69) is 11.7 Å². The summed E-state index contributed by atoms with van der Waals surface area (Å²) in [4.78, 5) is 10.5. The number of ether oxygens (including phenoxy) is 1. The number of carbonyl (C=O) groups excluding carboxylic acids is 1. The number of carbonyl (C=O) groups is 1. The van der Waals surface area contributed by atoms with E-state index in [1.54, 1.807) is 0 Å². The summed E-state index contributed by atoms with van der Waals surface area (Å²) in [5.41, 5.74) is 0. The standard InChI is InChI=1S/C7H14O2.CH2Cl2/c1-3-4-5-6-7(8)9-2;2-1-3/h3-6H2,1-2H3;1H2. The molecule has 0 spiro atoms. The van der Waals surface area contributed by atoms with E-state index in [9.17, 15) is 4.79 Å². The van der Waals surface area contributed by atoms with Gasteiger partial charge in [0.1, 0.15) is 0 Å². The molecule has 0 N–H and O–H groups in total. The van der Waals surface area contributed by atoms with E-state index in [1.165, 1.54) is 7.11 Å². The van der Waals surface area contributed by atoms with Crippen molar-refractivity contribution in [3.63, 3.8) is 0 Å². The third-order valence-electron chi connectivity index (χ3n) is 1.21. The first kappa shape index (κ1) is 14.6. The summed E-state index contributed by atoms with van der Waals surface area (Å²) in [6, 6.07) is 0. The zero-order chi connectivity index (χ0) is 9.82. The molecule has 0 atom stereocenters. The zero-order valence-electron chi connectivity index (χ0n) is 7.61. The van der Waals surface area contributed by atoms with Gasteiger partial charge in [-0.15, -0.1) is 23.2 Å². The van der Waals surface area contributed by atoms with Crippen LogP contribution >= 0.6 is 23.2 Å². The monoisotopic (exact) mass is 214 g/mol. The number of unbranched alkanes of at least 4 members (excludes halogenated alkanes) is 2. The summed E-state index contributed by atoms with van der Waals surface area (Å²) in [6.07, 6.45) is 3.81. The summed E-state index contributed by atoms with van der Waals surface area (Å²) in [5.74, 6) is -0.0940. The van der Waals surface area contributed by atoms with Gasteiger partial charge in [-0.2, -0.15) is 0 Å². The van der Waals surface area contributed by atoms with Crippen LogP contribution in [0.4, 0.5) is 0 Å². The van der Waals surface area contributed by atoms with Crippen LogP contribution < -0.4 is 0 Å². The number of halogens is 2. The smallest absolute Gasteiger partial charge is 0.305 e. The van der Waals surface area contributed by atoms with E-state index in [4.69, 9.17) is 23.2 Å². The lowest BCUT2D eigenvalue weighted by molar-refractivity contribution is -0.140. The molecule has 0 rings (SSSR count). The fourth-order valence-corrected chi connectivity index (χ4v) is 0.621. The minimum atomic E-state index is -0.0940. The lowest BCUT2D eigenvalue weighted by atomic mass is 10.2. The number of rotatable bonds is 4. The molecule has 0 bridgehead atoms. The largest absolute Gasteiger partial charge is 0.469 e. The predicted molar refractivity (Wildman–Crippen MR) is 52.7 cm³/mol. The Bertz CT molecular complexity index is 97.1. The molecule has 0 amide bonds. The van der Waals surface area contributed by atoms with Gasteiger partial charge >= 0.3 is 5.97 Å². The van der Waals surface area contributed by atoms with Crippen molar-refractivity contribution in [2.75, 3.05) is 12.4 Å². The lowest BCUT2D eigenvalue weighted by Gasteiger charge is -1.95. The molecule has 0 saturated heterocycles. The highest BCUT2D eigenvalue weighted by Gasteiger charge is 1.96. The molecule has 0 fully saturated rings. The summed E-state index contributed by atoms with van der Waals surface area (Å²) in [5, 5.41) is 0.194. The van der Waals surface area contributed by atoms with Gasteiger partial charge in [0.25, 0.3) is 0 Å². The van der Waals surface area contributed by atoms with Crippen LogP contribution in [0.1, 0.15) is 32.6 Å². The summed E-state index contributed by atoms with van der Waals surface area (Å²) >= 11 is 9.53. The molecule has 74 valence electrons. The fourth-order valence-electron chi connectivity index (χ4n) is 0.621. The van der Waals surface area contributed by atoms with Gasteiger partial charge in [-0.3, -0.25) is 4.79 Å². The average molecular weight is 215 g/mol. The predicted octanol–water partition coefficient (Wildman–Crippen LogP) is 3.16. The maximum Gasteiger partial charge on any atom is 0.305 e. The van der Waals surface area contributed by atoms with E-state index in [0.29, 0.717) is 6.42 Å². The zero-order valence-corrected chi connectivity index (χ0v) is 9.12. The van der Waals surface area contributed by atoms with Gasteiger partial charge in [0.15, 0.2) is 0 Å². The average Bonchev–Trinajstić information content (AvgIpc) is 2.06. The van der Waals surface area contributed by atoms with Crippen LogP contribution in [0.2, 0.25) is 0 Å². The summed E-state index contributed by atoms with van der Waals surface area (Å²) in [6.45, 7) is 2.11. The molecule has 0 aromatic heterocycles. The highest BCUT2D eigenvalue weighted by atomic mass is 35.5. The molecule has 12 heavy (non-hydrogen) atoms. The van der Waals surface area contributed by atoms with Gasteiger partial charge in [-0.05, 0) is 6.42 Å². The van der Waals surface area contributed by atoms with Crippen molar-refractivity contribution in [1.82, 2.24) is 0 Å². The van der Waals surface area contributed by atoms with E-state index < -0.39 is 0 Å². The van der Waals surface area contributed by atoms with Crippen molar-refractivity contribution < 1.29 is 9.53 Å². The quantitative estimate of drug-likeness (QED) is 0.409. The number of hydrogen-bond acceptors (Lipinski definition) is 2. The molecule has 0 aliphatic heterocycles. The maximum atomic E-state index is 10.5. The minimum absolute atomic E-state index is 0.0940. The lowest BCUT2D eigenvalue weighted by Crippen LogP contribution is -1.98. The van der Waals surface area contributed by atoms with Crippen LogP contribution in [0.5, 0.6) is 0 Å². The van der Waals surface area contributed by atoms with Crippen molar-refractivity contribution in [2.45, 2.75) is 32.6 Å². The third kappa shape index (κ3) is 16.6. The number of alkyl halides is 2. The van der Waals surface area contributed by atoms with Crippen molar-refractivity contribution in [1.29, 1.82) is 0 Å². The second kappa shape index (κ2) is 13.6. The van der Waals surface area contributed by atoms with E-state index in [1.807, 2.05) is 0 Å². The molecule has 0 radical (unpaired) electrons. The molecular weight excluding hydrogens is 199 g/mol. The molecule has 0 saturated carbocycles. The molecule has 0 aliphatic carbocycles. The van der Waals surface area contributed by atoms with Crippen molar-refractivity contribution in [3.05, 3.63) is 0 Å². The second-order valence-corrected chi connectivity index (χ2v) is 2.94. The Kier molecular flexibility index (Phi) is 16.5. The fraction of sp³-hybridized carbons (Fsp3) is 0.875. The first-order valence-corrected chi connectivity index (χ1v) is 4.98. The van der Waals surface area contributed by atoms with Crippen molar-refractivity contribution in [2.24, 2.45) is 0 Å². The van der Waals surface area contributed by atoms with Gasteiger partial charge in [0.05, 0.1) is 12.4 Å². The normalized spacial score (nSPS) is 8.33. The van der Waals surface area contributed by atoms with Crippen molar-refractivity contribution >= 4 is 29.2 Å². The Balaban J connectivity index is 0. The van der Waals surface area contributed by atoms with Crippen LogP contribution in [-0.2, 0) is 9.53 Å². The van der Waals surface area contributed by atoms with Crippen LogP contribution in [0.25, 0.3) is 0 Å². The van der Waals surface area contributed by atoms with Crippen LogP contribution in [0.15, 0.2) is 0 Å². The molecule has 0 aliphatic rings. The molecular formula is C8H16Cl2O2. The number of hydrogen-bond donors (Lipinski definition) is 0. The number of esters is 1. The molecule has 0 heterocycles. The van der Waals surface area contributed by atoms with Gasteiger partial charge in [0.2, 0.25) is 0 Å². The van der Waals surface area contributed by atoms with Gasteiger partial charge in [-0.25, -0.2) is 0 Å². The SMILES string of the molecule is CCCCCC(=O)OC.ClCCl.